The van der Waals surface area contributed by atoms with E-state index in [4.69, 9.17) is 0 Å². The van der Waals surface area contributed by atoms with Gasteiger partial charge < -0.3 is 4.90 Å². The molecule has 80 valence electrons. The Morgan fingerprint density at radius 2 is 1.62 bits per heavy atom. The van der Waals surface area contributed by atoms with Gasteiger partial charge in [-0.05, 0) is 21.9 Å². The molecule has 1 heterocycles. The molecule has 0 saturated carbocycles. The molecule has 0 unspecified atom stereocenters. The smallest absolute Gasteiger partial charge is 0.220 e. The third-order valence-electron chi connectivity index (χ3n) is 3.25. The summed E-state index contributed by atoms with van der Waals surface area (Å²) in [5, 5.41) is 2.61. The van der Waals surface area contributed by atoms with E-state index in [2.05, 4.69) is 36.4 Å². The lowest BCUT2D eigenvalue weighted by molar-refractivity contribution is -0.130. The number of carbonyl (C=O) groups excluding carboxylic acids is 1. The van der Waals surface area contributed by atoms with E-state index in [1.165, 1.54) is 21.9 Å². The number of rotatable bonds is 0. The topological polar surface area (TPSA) is 20.3 Å². The van der Waals surface area contributed by atoms with Gasteiger partial charge in [-0.25, -0.2) is 0 Å². The lowest BCUT2D eigenvalue weighted by Crippen LogP contribution is -2.30. The Morgan fingerprint density at radius 3 is 2.12 bits per heavy atom. The summed E-state index contributed by atoms with van der Waals surface area (Å²) in [7, 11) is 0. The van der Waals surface area contributed by atoms with Crippen molar-refractivity contribution in [1.29, 1.82) is 0 Å². The molecule has 1 aliphatic heterocycles. The molecule has 0 atom stereocenters. The van der Waals surface area contributed by atoms with E-state index in [0.717, 1.165) is 13.1 Å². The zero-order chi connectivity index (χ0) is 11.1. The van der Waals surface area contributed by atoms with Crippen molar-refractivity contribution in [3.05, 3.63) is 47.5 Å². The van der Waals surface area contributed by atoms with Crippen LogP contribution in [-0.2, 0) is 17.9 Å². The highest BCUT2D eigenvalue weighted by Crippen LogP contribution is 2.29. The van der Waals surface area contributed by atoms with Crippen LogP contribution >= 0.6 is 0 Å². The Balaban J connectivity index is 2.23. The van der Waals surface area contributed by atoms with Gasteiger partial charge in [-0.2, -0.15) is 0 Å². The van der Waals surface area contributed by atoms with E-state index in [-0.39, 0.29) is 5.91 Å². The normalized spacial score (nSPS) is 14.2. The van der Waals surface area contributed by atoms with E-state index >= 15 is 0 Å². The molecule has 0 bridgehead atoms. The molecule has 3 rings (SSSR count). The molecule has 0 aromatic heterocycles. The van der Waals surface area contributed by atoms with E-state index in [0.29, 0.717) is 0 Å². The minimum Gasteiger partial charge on any atom is -0.334 e. The molecule has 16 heavy (non-hydrogen) atoms. The lowest BCUT2D eigenvalue weighted by atomic mass is 9.95. The fourth-order valence-electron chi connectivity index (χ4n) is 2.46. The Bertz CT molecular complexity index is 533. The predicted octanol–water partition coefficient (Wildman–Crippen LogP) is 2.70. The fraction of sp³-hybridized carbons (Fsp3) is 0.214. The number of benzene rings is 2. The van der Waals surface area contributed by atoms with Gasteiger partial charge in [0.2, 0.25) is 5.91 Å². The minimum atomic E-state index is 0.145. The molecule has 2 aromatic rings. The van der Waals surface area contributed by atoms with E-state index in [1.807, 2.05) is 4.90 Å². The van der Waals surface area contributed by atoms with Crippen LogP contribution in [0.4, 0.5) is 0 Å². The lowest BCUT2D eigenvalue weighted by Gasteiger charge is -2.28. The summed E-state index contributed by atoms with van der Waals surface area (Å²) in [4.78, 5) is 13.3. The van der Waals surface area contributed by atoms with Gasteiger partial charge in [0.05, 0.1) is 0 Å². The largest absolute Gasteiger partial charge is 0.334 e. The molecule has 1 aliphatic rings. The Kier molecular flexibility index (Phi) is 1.96. The fourth-order valence-corrected chi connectivity index (χ4v) is 2.46. The molecule has 0 aliphatic carbocycles. The van der Waals surface area contributed by atoms with Crippen LogP contribution < -0.4 is 0 Å². The maximum Gasteiger partial charge on any atom is 0.220 e. The molecular formula is C14H13NO. The predicted molar refractivity (Wildman–Crippen MR) is 63.9 cm³/mol. The van der Waals surface area contributed by atoms with Gasteiger partial charge in [-0.1, -0.05) is 36.4 Å². The molecule has 0 fully saturated rings. The molecule has 0 N–H and O–H groups in total. The summed E-state index contributed by atoms with van der Waals surface area (Å²) in [6.07, 6.45) is 0. The number of amides is 1. The second kappa shape index (κ2) is 3.34. The van der Waals surface area contributed by atoms with Crippen LogP contribution in [0.2, 0.25) is 0 Å². The van der Waals surface area contributed by atoms with Crippen molar-refractivity contribution < 1.29 is 4.79 Å². The zero-order valence-electron chi connectivity index (χ0n) is 9.23. The van der Waals surface area contributed by atoms with Crippen LogP contribution in [0.3, 0.4) is 0 Å². The zero-order valence-corrected chi connectivity index (χ0v) is 9.23. The number of nitrogens with zero attached hydrogens (tertiary/aromatic N) is 1. The molecule has 2 nitrogen and oxygen atoms in total. The first-order valence-electron chi connectivity index (χ1n) is 5.51. The first kappa shape index (κ1) is 9.40. The van der Waals surface area contributed by atoms with E-state index < -0.39 is 0 Å². The number of hydrogen-bond acceptors (Lipinski definition) is 1. The van der Waals surface area contributed by atoms with Gasteiger partial charge in [0.1, 0.15) is 0 Å². The quantitative estimate of drug-likeness (QED) is 0.656. The van der Waals surface area contributed by atoms with Crippen LogP contribution in [0, 0.1) is 0 Å². The van der Waals surface area contributed by atoms with Crippen LogP contribution in [0.1, 0.15) is 18.1 Å². The summed E-state index contributed by atoms with van der Waals surface area (Å²) < 4.78 is 0. The summed E-state index contributed by atoms with van der Waals surface area (Å²) in [5.74, 6) is 0.145. The van der Waals surface area contributed by atoms with Gasteiger partial charge in [0.15, 0.2) is 0 Å². The first-order valence-corrected chi connectivity index (χ1v) is 5.51. The molecule has 2 aromatic carbocycles. The molecule has 0 radical (unpaired) electrons. The van der Waals surface area contributed by atoms with Gasteiger partial charge in [0.25, 0.3) is 0 Å². The van der Waals surface area contributed by atoms with Crippen molar-refractivity contribution in [1.82, 2.24) is 4.90 Å². The average Bonchev–Trinajstić information content (AvgIpc) is 2.29. The Morgan fingerprint density at radius 1 is 1.06 bits per heavy atom. The maximum atomic E-state index is 11.5. The second-order valence-corrected chi connectivity index (χ2v) is 4.31. The summed E-state index contributed by atoms with van der Waals surface area (Å²) in [6.45, 7) is 3.11. The van der Waals surface area contributed by atoms with E-state index in [1.54, 1.807) is 6.92 Å². The summed E-state index contributed by atoms with van der Waals surface area (Å²) in [6, 6.07) is 12.6. The highest BCUT2D eigenvalue weighted by molar-refractivity contribution is 5.90. The molecule has 0 spiro atoms. The standard InChI is InChI=1S/C14H13NO/c1-10(16)15-8-12-6-2-4-11-5-3-7-13(9-15)14(11)12/h2-7H,8-9H2,1H3. The molecule has 1 amide bonds. The Labute approximate surface area is 94.5 Å². The SMILES string of the molecule is CC(=O)N1Cc2cccc3cccc(c23)C1. The monoisotopic (exact) mass is 211 g/mol. The van der Waals surface area contributed by atoms with Crippen LogP contribution in [0.15, 0.2) is 36.4 Å². The molecule has 0 saturated heterocycles. The summed E-state index contributed by atoms with van der Waals surface area (Å²) in [5.41, 5.74) is 2.52. The first-order chi connectivity index (χ1) is 7.75. The van der Waals surface area contributed by atoms with Crippen LogP contribution in [0.5, 0.6) is 0 Å². The van der Waals surface area contributed by atoms with Crippen LogP contribution in [0.25, 0.3) is 10.8 Å². The van der Waals surface area contributed by atoms with Gasteiger partial charge in [0, 0.05) is 20.0 Å². The van der Waals surface area contributed by atoms with Crippen LogP contribution in [-0.4, -0.2) is 10.8 Å². The summed E-state index contributed by atoms with van der Waals surface area (Å²) >= 11 is 0. The van der Waals surface area contributed by atoms with Gasteiger partial charge in [-0.3, -0.25) is 4.79 Å². The number of carbonyl (C=O) groups is 1. The van der Waals surface area contributed by atoms with Crippen molar-refractivity contribution >= 4 is 16.7 Å². The molecular weight excluding hydrogens is 198 g/mol. The third-order valence-corrected chi connectivity index (χ3v) is 3.25. The maximum absolute atomic E-state index is 11.5. The van der Waals surface area contributed by atoms with Crippen molar-refractivity contribution in [3.8, 4) is 0 Å². The van der Waals surface area contributed by atoms with Crippen molar-refractivity contribution in [3.63, 3.8) is 0 Å². The van der Waals surface area contributed by atoms with Crippen molar-refractivity contribution in [2.75, 3.05) is 0 Å². The average molecular weight is 211 g/mol. The van der Waals surface area contributed by atoms with Crippen molar-refractivity contribution in [2.24, 2.45) is 0 Å². The molecule has 2 heteroatoms. The van der Waals surface area contributed by atoms with Gasteiger partial charge in [-0.15, -0.1) is 0 Å². The highest BCUT2D eigenvalue weighted by Gasteiger charge is 2.19. The highest BCUT2D eigenvalue weighted by atomic mass is 16.2. The number of hydrogen-bond donors (Lipinski definition) is 0. The Hall–Kier alpha value is -1.83. The second-order valence-electron chi connectivity index (χ2n) is 4.31. The van der Waals surface area contributed by atoms with Gasteiger partial charge >= 0.3 is 0 Å². The van der Waals surface area contributed by atoms with Crippen molar-refractivity contribution in [2.45, 2.75) is 20.0 Å². The van der Waals surface area contributed by atoms with E-state index in [9.17, 15) is 4.79 Å². The minimum absolute atomic E-state index is 0.145. The third kappa shape index (κ3) is 1.30.